The second-order valence-corrected chi connectivity index (χ2v) is 29.9. The Hall–Kier alpha value is -5.47. The fourth-order valence-electron chi connectivity index (χ4n) is 12.8. The van der Waals surface area contributed by atoms with Crippen LogP contribution in [0.4, 0.5) is 9.59 Å². The highest BCUT2D eigenvalue weighted by Crippen LogP contribution is 2.32. The van der Waals surface area contributed by atoms with E-state index in [4.69, 9.17) is 18.9 Å². The van der Waals surface area contributed by atoms with Crippen LogP contribution in [0.2, 0.25) is 0 Å². The summed E-state index contributed by atoms with van der Waals surface area (Å²) in [6, 6.07) is 44.6. The summed E-state index contributed by atoms with van der Waals surface area (Å²) in [4.78, 5) is 41.3. The summed E-state index contributed by atoms with van der Waals surface area (Å²) < 4.78 is 22.8. The van der Waals surface area contributed by atoms with Crippen molar-refractivity contribution in [2.24, 2.45) is 35.5 Å². The molecule has 10 rings (SSSR count). The Morgan fingerprint density at radius 2 is 0.944 bits per heavy atom. The first kappa shape index (κ1) is 75.3. The number of ether oxygens (including phenoxy) is 4. The van der Waals surface area contributed by atoms with Crippen LogP contribution < -0.4 is 25.4 Å². The molecule has 0 bridgehead atoms. The largest absolute Gasteiger partial charge is 0.489 e. The van der Waals surface area contributed by atoms with Crippen LogP contribution in [-0.2, 0) is 20.8 Å². The standard InChI is InChI=1S/C18H27NO3.C14H21N.C13H19NO.C13H19N.C12H23NO2.C7H13NO/c1-13(2)16-11-15(21-14-9-7-6-8-10-14)12-19(16)17(20)22-18(3,4)5;1-12(2)14-9-6-10-15(14)11-13-7-4-3-5-8-13;1-10(2)13-8-12(9-14-13)15-11-6-4-3-5-7-11;1-10(2)13-8-12(9-14-13)11-6-4-3-5-7-11;1-9(2)10-7-6-8-13(10)11(14)15-12(3,4)5;1-5(2)7-3-6(9)4-8-7/h6-10,13,15-16H,11-12H2,1-5H3;3-5,7-8,12,14H,6,9-11H2,1-2H3;3-7,10,12-14H,8-9H2,1-2H3;3-7,10,12-14H,8-9H2,1-2H3;9-10H,6-8H2,1-5H3;5,7-8H,3-4H2,1-2H3/t15-,16-;;2*12-,13-;10-;7-/m0.0000/s1. The minimum Gasteiger partial charge on any atom is -0.489 e. The van der Waals surface area contributed by atoms with Gasteiger partial charge in [-0.2, -0.15) is 0 Å². The molecule has 0 spiro atoms. The number of ketones is 1. The Balaban J connectivity index is 0.000000199. The third-order valence-corrected chi connectivity index (χ3v) is 17.9. The molecule has 0 saturated carbocycles. The first-order chi connectivity index (χ1) is 42.6. The van der Waals surface area contributed by atoms with Crippen LogP contribution in [0, 0.1) is 35.5 Å². The van der Waals surface area contributed by atoms with Gasteiger partial charge in [0.2, 0.25) is 0 Å². The van der Waals surface area contributed by atoms with Crippen molar-refractivity contribution in [1.29, 1.82) is 0 Å². The van der Waals surface area contributed by atoms with Crippen LogP contribution in [0.1, 0.15) is 193 Å². The highest BCUT2D eigenvalue weighted by molar-refractivity contribution is 5.83. The van der Waals surface area contributed by atoms with E-state index in [9.17, 15) is 14.4 Å². The summed E-state index contributed by atoms with van der Waals surface area (Å²) in [5, 5.41) is 10.3. The minimum atomic E-state index is -0.475. The first-order valence-corrected chi connectivity index (χ1v) is 34.5. The summed E-state index contributed by atoms with van der Waals surface area (Å²) in [5.41, 5.74) is 2.08. The zero-order valence-electron chi connectivity index (χ0n) is 59.0. The van der Waals surface area contributed by atoms with Gasteiger partial charge in [0.25, 0.3) is 0 Å². The third-order valence-electron chi connectivity index (χ3n) is 17.9. The van der Waals surface area contributed by atoms with E-state index in [1.54, 1.807) is 0 Å². The predicted molar refractivity (Wildman–Crippen MR) is 371 cm³/mol. The van der Waals surface area contributed by atoms with Crippen LogP contribution in [0.5, 0.6) is 11.5 Å². The van der Waals surface area contributed by atoms with Crippen LogP contribution in [0.25, 0.3) is 0 Å². The van der Waals surface area contributed by atoms with Crippen molar-refractivity contribution in [3.8, 4) is 11.5 Å². The molecule has 0 aromatic heterocycles. The molecule has 3 N–H and O–H groups in total. The van der Waals surface area contributed by atoms with E-state index in [0.717, 1.165) is 93.6 Å². The summed E-state index contributed by atoms with van der Waals surface area (Å²) in [5.74, 6) is 6.62. The van der Waals surface area contributed by atoms with Gasteiger partial charge in [-0.25, -0.2) is 9.59 Å². The average molecular weight is 1240 g/mol. The van der Waals surface area contributed by atoms with Gasteiger partial charge in [0.05, 0.1) is 13.1 Å². The fourth-order valence-corrected chi connectivity index (χ4v) is 12.8. The Labute approximate surface area is 546 Å². The Bertz CT molecular complexity index is 2620. The lowest BCUT2D eigenvalue weighted by Crippen LogP contribution is -2.42. The van der Waals surface area contributed by atoms with Gasteiger partial charge in [0, 0.05) is 81.7 Å². The predicted octanol–water partition coefficient (Wildman–Crippen LogP) is 16.3. The van der Waals surface area contributed by atoms with Gasteiger partial charge in [-0.3, -0.25) is 9.69 Å². The smallest absolute Gasteiger partial charge is 0.410 e. The first-order valence-electron chi connectivity index (χ1n) is 34.5. The van der Waals surface area contributed by atoms with E-state index in [-0.39, 0.29) is 29.9 Å². The molecule has 9 atom stereocenters. The highest BCUT2D eigenvalue weighted by Gasteiger charge is 2.40. The van der Waals surface area contributed by atoms with Gasteiger partial charge >= 0.3 is 12.2 Å². The lowest BCUT2D eigenvalue weighted by Gasteiger charge is -2.30. The Morgan fingerprint density at radius 3 is 1.40 bits per heavy atom. The molecular formula is C77H122N6O7. The second kappa shape index (κ2) is 37.3. The number of hydrogen-bond donors (Lipinski definition) is 3. The van der Waals surface area contributed by atoms with Crippen molar-refractivity contribution >= 4 is 18.0 Å². The average Bonchev–Trinajstić information content (AvgIpc) is 3.68. The molecule has 90 heavy (non-hydrogen) atoms. The van der Waals surface area contributed by atoms with Crippen molar-refractivity contribution in [3.05, 3.63) is 132 Å². The van der Waals surface area contributed by atoms with E-state index in [2.05, 4.69) is 165 Å². The Morgan fingerprint density at radius 1 is 0.489 bits per heavy atom. The fraction of sp³-hybridized carbons (Fsp3) is 0.649. The van der Waals surface area contributed by atoms with Crippen LogP contribution in [0.15, 0.2) is 121 Å². The molecule has 6 fully saturated rings. The number of nitrogens with one attached hydrogen (secondary N) is 3. The maximum absolute atomic E-state index is 12.4. The topological polar surface area (TPSA) is 134 Å². The number of hydrogen-bond acceptors (Lipinski definition) is 11. The van der Waals surface area contributed by atoms with Crippen LogP contribution in [0.3, 0.4) is 0 Å². The van der Waals surface area contributed by atoms with Crippen LogP contribution >= 0.6 is 0 Å². The van der Waals surface area contributed by atoms with Gasteiger partial charge in [-0.1, -0.05) is 180 Å². The number of amides is 2. The normalized spacial score (nSPS) is 24.1. The summed E-state index contributed by atoms with van der Waals surface area (Å²) in [6.45, 7) is 44.6. The lowest BCUT2D eigenvalue weighted by molar-refractivity contribution is -0.116. The number of Topliss-reactive ketones (excluding diaryl/α,β-unsaturated/α-hetero) is 1. The van der Waals surface area contributed by atoms with Crippen molar-refractivity contribution < 1.29 is 33.3 Å². The second-order valence-electron chi connectivity index (χ2n) is 29.9. The SMILES string of the molecule is CC(C)C1CCCN1Cc1ccccc1.CC(C)[C@@H]1CC(=O)CN1.CC(C)[C@@H]1CCCN1C(=O)OC(C)(C)C.CC(C)[C@@H]1C[C@H](Oc2ccccc2)CN1.CC(C)[C@@H]1C[C@H](Oc2ccccc2)CN1C(=O)OC(C)(C)C.CC(C)[C@@H]1C[C@H](c2ccccc2)CN1. The zero-order valence-corrected chi connectivity index (χ0v) is 59.0. The summed E-state index contributed by atoms with van der Waals surface area (Å²) in [7, 11) is 0. The molecular weight excluding hydrogens is 1120 g/mol. The molecule has 6 saturated heterocycles. The van der Waals surface area contributed by atoms with Gasteiger partial charge in [-0.15, -0.1) is 0 Å². The molecule has 13 heteroatoms. The maximum Gasteiger partial charge on any atom is 0.410 e. The molecule has 4 aromatic carbocycles. The van der Waals surface area contributed by atoms with E-state index < -0.39 is 5.60 Å². The molecule has 502 valence electrons. The van der Waals surface area contributed by atoms with Crippen molar-refractivity contribution in [3.63, 3.8) is 0 Å². The quantitative estimate of drug-likeness (QED) is 0.118. The van der Waals surface area contributed by atoms with Crippen molar-refractivity contribution in [1.82, 2.24) is 30.7 Å². The number of carbonyl (C=O) groups excluding carboxylic acids is 3. The number of para-hydroxylation sites is 2. The Kier molecular flexibility index (Phi) is 31.2. The molecule has 6 aliphatic heterocycles. The van der Waals surface area contributed by atoms with E-state index >= 15 is 0 Å². The number of nitrogens with zero attached hydrogens (tertiary/aromatic N) is 3. The molecule has 4 aromatic rings. The molecule has 6 heterocycles. The number of carbonyl (C=O) groups is 3. The number of benzene rings is 4. The van der Waals surface area contributed by atoms with Crippen molar-refractivity contribution in [2.75, 3.05) is 39.3 Å². The van der Waals surface area contributed by atoms with E-state index in [0.29, 0.717) is 72.8 Å². The van der Waals surface area contributed by atoms with Crippen molar-refractivity contribution in [2.45, 2.75) is 248 Å². The highest BCUT2D eigenvalue weighted by atomic mass is 16.6. The van der Waals surface area contributed by atoms with E-state index in [1.807, 2.05) is 112 Å². The molecule has 2 amide bonds. The van der Waals surface area contributed by atoms with Crippen LogP contribution in [-0.4, -0.2) is 132 Å². The zero-order chi connectivity index (χ0) is 66.1. The van der Waals surface area contributed by atoms with Gasteiger partial charge in [0.15, 0.2) is 0 Å². The van der Waals surface area contributed by atoms with Gasteiger partial charge < -0.3 is 44.7 Å². The molecule has 1 unspecified atom stereocenters. The molecule has 0 aliphatic carbocycles. The maximum atomic E-state index is 12.4. The molecule has 0 radical (unpaired) electrons. The number of likely N-dealkylation sites (tertiary alicyclic amines) is 3. The summed E-state index contributed by atoms with van der Waals surface area (Å²) in [6.07, 6.45) is 8.89. The summed E-state index contributed by atoms with van der Waals surface area (Å²) >= 11 is 0. The molecule has 13 nitrogen and oxygen atoms in total. The third kappa shape index (κ3) is 26.6. The lowest BCUT2D eigenvalue weighted by atomic mass is 9.93. The minimum absolute atomic E-state index is 0.0160. The molecule has 6 aliphatic rings. The number of rotatable bonds is 13. The van der Waals surface area contributed by atoms with Gasteiger partial charge in [0.1, 0.15) is 40.7 Å². The monoisotopic (exact) mass is 1240 g/mol. The van der Waals surface area contributed by atoms with Gasteiger partial charge in [-0.05, 0) is 157 Å². The van der Waals surface area contributed by atoms with E-state index in [1.165, 1.54) is 36.9 Å².